The predicted molar refractivity (Wildman–Crippen MR) is 80.5 cm³/mol. The minimum Gasteiger partial charge on any atom is -0.494 e. The molecule has 0 aliphatic carbocycles. The second kappa shape index (κ2) is 5.69. The van der Waals surface area contributed by atoms with E-state index in [0.29, 0.717) is 22.5 Å². The molecular formula is C15H10F2N2O2S. The van der Waals surface area contributed by atoms with Crippen molar-refractivity contribution in [2.75, 3.05) is 12.4 Å². The number of carbonyl (C=O) groups is 1. The van der Waals surface area contributed by atoms with Crippen molar-refractivity contribution in [3.05, 3.63) is 53.6 Å². The molecule has 0 bridgehead atoms. The van der Waals surface area contributed by atoms with Crippen LogP contribution >= 0.6 is 11.3 Å². The van der Waals surface area contributed by atoms with Gasteiger partial charge in [-0.3, -0.25) is 10.1 Å². The van der Waals surface area contributed by atoms with Gasteiger partial charge in [0.25, 0.3) is 5.91 Å². The maximum absolute atomic E-state index is 13.1. The number of amides is 1. The van der Waals surface area contributed by atoms with E-state index in [1.807, 2.05) is 12.1 Å². The van der Waals surface area contributed by atoms with Gasteiger partial charge in [-0.1, -0.05) is 17.4 Å². The van der Waals surface area contributed by atoms with Crippen molar-refractivity contribution < 1.29 is 18.3 Å². The first-order chi connectivity index (χ1) is 10.6. The highest BCUT2D eigenvalue weighted by atomic mass is 32.1. The third-order valence-corrected chi connectivity index (χ3v) is 3.88. The van der Waals surface area contributed by atoms with E-state index >= 15 is 0 Å². The van der Waals surface area contributed by atoms with Crippen LogP contribution in [0.2, 0.25) is 0 Å². The quantitative estimate of drug-likeness (QED) is 0.798. The van der Waals surface area contributed by atoms with Crippen molar-refractivity contribution in [1.29, 1.82) is 0 Å². The van der Waals surface area contributed by atoms with Crippen molar-refractivity contribution in [3.8, 4) is 5.75 Å². The number of hydrogen-bond acceptors (Lipinski definition) is 4. The second-order valence-electron chi connectivity index (χ2n) is 4.44. The highest BCUT2D eigenvalue weighted by molar-refractivity contribution is 7.22. The molecule has 0 radical (unpaired) electrons. The molecule has 0 aliphatic heterocycles. The predicted octanol–water partition coefficient (Wildman–Crippen LogP) is 3.84. The number of nitrogens with zero attached hydrogens (tertiary/aromatic N) is 1. The van der Waals surface area contributed by atoms with Gasteiger partial charge in [0.15, 0.2) is 5.13 Å². The highest BCUT2D eigenvalue weighted by Crippen LogP contribution is 2.32. The smallest absolute Gasteiger partial charge is 0.257 e. The standard InChI is InChI=1S/C15H10F2N2O2S/c1-21-11-3-2-4-12-13(11)18-15(22-12)19-14(20)8-5-9(16)7-10(17)6-8/h2-7H,1H3,(H,18,19,20). The molecule has 0 spiro atoms. The number of benzene rings is 2. The van der Waals surface area contributed by atoms with Crippen molar-refractivity contribution in [1.82, 2.24) is 4.98 Å². The lowest BCUT2D eigenvalue weighted by Crippen LogP contribution is -2.12. The number of aromatic nitrogens is 1. The van der Waals surface area contributed by atoms with E-state index in [0.717, 1.165) is 16.8 Å². The summed E-state index contributed by atoms with van der Waals surface area (Å²) < 4.78 is 32.3. The van der Waals surface area contributed by atoms with Crippen LogP contribution in [0.15, 0.2) is 36.4 Å². The van der Waals surface area contributed by atoms with Crippen molar-refractivity contribution >= 4 is 32.6 Å². The normalized spacial score (nSPS) is 10.7. The summed E-state index contributed by atoms with van der Waals surface area (Å²) >= 11 is 1.25. The molecule has 0 fully saturated rings. The van der Waals surface area contributed by atoms with E-state index in [-0.39, 0.29) is 5.56 Å². The third-order valence-electron chi connectivity index (χ3n) is 2.95. The summed E-state index contributed by atoms with van der Waals surface area (Å²) in [6.45, 7) is 0. The lowest BCUT2D eigenvalue weighted by Gasteiger charge is -2.02. The Morgan fingerprint density at radius 3 is 2.64 bits per heavy atom. The fourth-order valence-electron chi connectivity index (χ4n) is 2.00. The molecule has 7 heteroatoms. The molecule has 3 rings (SSSR count). The molecule has 1 heterocycles. The molecule has 1 aromatic heterocycles. The number of carbonyl (C=O) groups excluding carboxylic acids is 1. The van der Waals surface area contributed by atoms with E-state index in [1.54, 1.807) is 6.07 Å². The number of thiazole rings is 1. The van der Waals surface area contributed by atoms with Gasteiger partial charge in [-0.05, 0) is 24.3 Å². The number of rotatable bonds is 3. The van der Waals surface area contributed by atoms with Crippen LogP contribution in [-0.2, 0) is 0 Å². The largest absolute Gasteiger partial charge is 0.494 e. The lowest BCUT2D eigenvalue weighted by molar-refractivity contribution is 0.102. The lowest BCUT2D eigenvalue weighted by atomic mass is 10.2. The number of para-hydroxylation sites is 1. The number of anilines is 1. The molecule has 0 saturated carbocycles. The van der Waals surface area contributed by atoms with E-state index in [4.69, 9.17) is 4.74 Å². The van der Waals surface area contributed by atoms with Gasteiger partial charge < -0.3 is 4.74 Å². The molecule has 112 valence electrons. The summed E-state index contributed by atoms with van der Waals surface area (Å²) in [5.74, 6) is -1.66. The van der Waals surface area contributed by atoms with E-state index in [2.05, 4.69) is 10.3 Å². The highest BCUT2D eigenvalue weighted by Gasteiger charge is 2.13. The summed E-state index contributed by atoms with van der Waals surface area (Å²) in [7, 11) is 1.53. The molecule has 0 unspecified atom stereocenters. The van der Waals surface area contributed by atoms with Crippen molar-refractivity contribution in [2.24, 2.45) is 0 Å². The van der Waals surface area contributed by atoms with Gasteiger partial charge in [0.1, 0.15) is 22.9 Å². The molecule has 2 aromatic carbocycles. The zero-order valence-corrected chi connectivity index (χ0v) is 12.2. The molecule has 3 aromatic rings. The van der Waals surface area contributed by atoms with E-state index < -0.39 is 17.5 Å². The van der Waals surface area contributed by atoms with Gasteiger partial charge in [0, 0.05) is 11.6 Å². The Bertz CT molecular complexity index is 844. The van der Waals surface area contributed by atoms with Crippen LogP contribution in [0.1, 0.15) is 10.4 Å². The van der Waals surface area contributed by atoms with Gasteiger partial charge in [-0.2, -0.15) is 0 Å². The number of hydrogen-bond donors (Lipinski definition) is 1. The maximum atomic E-state index is 13.1. The molecule has 1 amide bonds. The monoisotopic (exact) mass is 320 g/mol. The van der Waals surface area contributed by atoms with Gasteiger partial charge in [0.2, 0.25) is 0 Å². The Balaban J connectivity index is 1.91. The summed E-state index contributed by atoms with van der Waals surface area (Å²) in [4.78, 5) is 16.3. The van der Waals surface area contributed by atoms with Gasteiger partial charge >= 0.3 is 0 Å². The van der Waals surface area contributed by atoms with Crippen LogP contribution in [0.3, 0.4) is 0 Å². The molecular weight excluding hydrogens is 310 g/mol. The van der Waals surface area contributed by atoms with E-state index in [1.165, 1.54) is 18.4 Å². The SMILES string of the molecule is COc1cccc2sc(NC(=O)c3cc(F)cc(F)c3)nc12. The van der Waals surface area contributed by atoms with Crippen LogP contribution in [0, 0.1) is 11.6 Å². The van der Waals surface area contributed by atoms with Crippen LogP contribution in [0.25, 0.3) is 10.2 Å². The van der Waals surface area contributed by atoms with Crippen molar-refractivity contribution in [3.63, 3.8) is 0 Å². The Kier molecular flexibility index (Phi) is 3.72. The number of fused-ring (bicyclic) bond motifs is 1. The molecule has 1 N–H and O–H groups in total. The minimum atomic E-state index is -0.809. The zero-order chi connectivity index (χ0) is 15.7. The first kappa shape index (κ1) is 14.4. The molecule has 0 aliphatic rings. The van der Waals surface area contributed by atoms with Crippen molar-refractivity contribution in [2.45, 2.75) is 0 Å². The van der Waals surface area contributed by atoms with Crippen LogP contribution in [0.5, 0.6) is 5.75 Å². The summed E-state index contributed by atoms with van der Waals surface area (Å²) in [6, 6.07) is 8.05. The number of nitrogens with one attached hydrogen (secondary N) is 1. The number of ether oxygens (including phenoxy) is 1. The second-order valence-corrected chi connectivity index (χ2v) is 5.47. The molecule has 0 atom stereocenters. The Morgan fingerprint density at radius 1 is 1.23 bits per heavy atom. The topological polar surface area (TPSA) is 51.2 Å². The summed E-state index contributed by atoms with van der Waals surface area (Å²) in [5, 5.41) is 2.86. The van der Waals surface area contributed by atoms with Gasteiger partial charge in [-0.25, -0.2) is 13.8 Å². The first-order valence-corrected chi connectivity index (χ1v) is 7.09. The fraction of sp³-hybridized carbons (Fsp3) is 0.0667. The maximum Gasteiger partial charge on any atom is 0.257 e. The van der Waals surface area contributed by atoms with Crippen LogP contribution < -0.4 is 10.1 Å². The average Bonchev–Trinajstić information content (AvgIpc) is 2.88. The number of halogens is 2. The van der Waals surface area contributed by atoms with Crippen LogP contribution in [0.4, 0.5) is 13.9 Å². The zero-order valence-electron chi connectivity index (χ0n) is 11.4. The van der Waals surface area contributed by atoms with E-state index in [9.17, 15) is 13.6 Å². The van der Waals surface area contributed by atoms with Crippen LogP contribution in [-0.4, -0.2) is 18.0 Å². The third kappa shape index (κ3) is 2.75. The Hall–Kier alpha value is -2.54. The molecule has 0 saturated heterocycles. The fourth-order valence-corrected chi connectivity index (χ4v) is 2.87. The first-order valence-electron chi connectivity index (χ1n) is 6.28. The molecule has 4 nitrogen and oxygen atoms in total. The Morgan fingerprint density at radius 2 is 1.95 bits per heavy atom. The summed E-state index contributed by atoms with van der Waals surface area (Å²) in [6.07, 6.45) is 0. The van der Waals surface area contributed by atoms with Gasteiger partial charge in [-0.15, -0.1) is 0 Å². The Labute approximate surface area is 128 Å². The molecule has 22 heavy (non-hydrogen) atoms. The number of methoxy groups -OCH3 is 1. The minimum absolute atomic E-state index is 0.108. The van der Waals surface area contributed by atoms with Gasteiger partial charge in [0.05, 0.1) is 11.8 Å². The summed E-state index contributed by atoms with van der Waals surface area (Å²) in [5.41, 5.74) is 0.513. The average molecular weight is 320 g/mol.